The zero-order valence-corrected chi connectivity index (χ0v) is 13.3. The van der Waals surface area contributed by atoms with Crippen molar-refractivity contribution in [1.29, 1.82) is 0 Å². The van der Waals surface area contributed by atoms with Gasteiger partial charge in [0.25, 0.3) is 5.56 Å². The Labute approximate surface area is 118 Å². The lowest BCUT2D eigenvalue weighted by Gasteiger charge is -2.14. The van der Waals surface area contributed by atoms with Gasteiger partial charge >= 0.3 is 0 Å². The highest BCUT2D eigenvalue weighted by molar-refractivity contribution is 14.1. The van der Waals surface area contributed by atoms with Gasteiger partial charge in [-0.25, -0.2) is 4.98 Å². The predicted octanol–water partition coefficient (Wildman–Crippen LogP) is 2.97. The van der Waals surface area contributed by atoms with Crippen LogP contribution in [0.25, 0.3) is 0 Å². The third-order valence-electron chi connectivity index (χ3n) is 2.53. The molecule has 0 radical (unpaired) electrons. The lowest BCUT2D eigenvalue weighted by Crippen LogP contribution is -2.27. The van der Waals surface area contributed by atoms with Gasteiger partial charge in [-0.1, -0.05) is 29.3 Å². The normalized spacial score (nSPS) is 12.8. The number of aryl methyl sites for hydroxylation is 1. The van der Waals surface area contributed by atoms with Gasteiger partial charge in [0.05, 0.1) is 15.6 Å². The van der Waals surface area contributed by atoms with E-state index in [2.05, 4.69) is 50.4 Å². The molecular weight excluding hydrogens is 383 g/mol. The lowest BCUT2D eigenvalue weighted by atomic mass is 10.1. The molecule has 0 saturated heterocycles. The molecule has 1 atom stereocenters. The van der Waals surface area contributed by atoms with Crippen LogP contribution in [0.3, 0.4) is 0 Å². The summed E-state index contributed by atoms with van der Waals surface area (Å²) in [5.74, 6) is 0.503. The molecule has 0 aliphatic heterocycles. The lowest BCUT2D eigenvalue weighted by molar-refractivity contribution is 0.442. The molecule has 1 heterocycles. The predicted molar refractivity (Wildman–Crippen MR) is 78.1 cm³/mol. The molecular formula is C11H16BrIN2O. The highest BCUT2D eigenvalue weighted by atomic mass is 127. The monoisotopic (exact) mass is 398 g/mol. The van der Waals surface area contributed by atoms with Crippen LogP contribution < -0.4 is 5.56 Å². The van der Waals surface area contributed by atoms with Crippen molar-refractivity contribution in [2.75, 3.05) is 5.33 Å². The first-order chi connectivity index (χ1) is 7.60. The Morgan fingerprint density at radius 1 is 1.62 bits per heavy atom. The number of alkyl halides is 1. The van der Waals surface area contributed by atoms with Gasteiger partial charge in [-0.2, -0.15) is 0 Å². The van der Waals surface area contributed by atoms with E-state index in [1.165, 1.54) is 0 Å². The average molecular weight is 399 g/mol. The Balaban J connectivity index is 2.89. The van der Waals surface area contributed by atoms with Crippen LogP contribution in [-0.2, 0) is 6.54 Å². The van der Waals surface area contributed by atoms with Crippen LogP contribution in [0.5, 0.6) is 0 Å². The standard InChI is InChI=1S/C11H16BrIN2O/c1-3-4-9(5-12)6-15-7-14-8(2)10(13)11(15)16/h7,9H,3-6H2,1-2H3. The molecule has 1 aromatic rings. The van der Waals surface area contributed by atoms with Crippen LogP contribution in [0.2, 0.25) is 0 Å². The Morgan fingerprint density at radius 3 is 2.88 bits per heavy atom. The van der Waals surface area contributed by atoms with E-state index in [-0.39, 0.29) is 5.56 Å². The van der Waals surface area contributed by atoms with Crippen molar-refractivity contribution >= 4 is 38.5 Å². The van der Waals surface area contributed by atoms with Gasteiger partial charge in [-0.3, -0.25) is 9.36 Å². The van der Waals surface area contributed by atoms with E-state index in [9.17, 15) is 4.79 Å². The van der Waals surface area contributed by atoms with Crippen LogP contribution in [0.4, 0.5) is 0 Å². The molecule has 0 spiro atoms. The first-order valence-electron chi connectivity index (χ1n) is 5.37. The van der Waals surface area contributed by atoms with Gasteiger partial charge < -0.3 is 0 Å². The molecule has 0 amide bonds. The van der Waals surface area contributed by atoms with Crippen LogP contribution >= 0.6 is 38.5 Å². The topological polar surface area (TPSA) is 34.9 Å². The van der Waals surface area contributed by atoms with Crippen LogP contribution in [0.1, 0.15) is 25.5 Å². The second-order valence-corrected chi connectivity index (χ2v) is 5.64. The fourth-order valence-corrected chi connectivity index (χ4v) is 2.56. The Kier molecular flexibility index (Phi) is 5.96. The number of aromatic nitrogens is 2. The number of hydrogen-bond acceptors (Lipinski definition) is 2. The summed E-state index contributed by atoms with van der Waals surface area (Å²) in [6.45, 7) is 4.78. The summed E-state index contributed by atoms with van der Waals surface area (Å²) >= 11 is 5.56. The summed E-state index contributed by atoms with van der Waals surface area (Å²) in [6.07, 6.45) is 3.93. The first-order valence-corrected chi connectivity index (χ1v) is 7.57. The zero-order valence-electron chi connectivity index (χ0n) is 9.54. The zero-order chi connectivity index (χ0) is 12.1. The highest BCUT2D eigenvalue weighted by Gasteiger charge is 2.10. The highest BCUT2D eigenvalue weighted by Crippen LogP contribution is 2.12. The van der Waals surface area contributed by atoms with Crippen molar-refractivity contribution in [1.82, 2.24) is 9.55 Å². The van der Waals surface area contributed by atoms with Crippen LogP contribution in [0, 0.1) is 16.4 Å². The summed E-state index contributed by atoms with van der Waals surface area (Å²) in [5.41, 5.74) is 0.892. The summed E-state index contributed by atoms with van der Waals surface area (Å²) in [7, 11) is 0. The van der Waals surface area contributed by atoms with Gasteiger partial charge in [-0.05, 0) is 41.9 Å². The van der Waals surface area contributed by atoms with Crippen molar-refractivity contribution in [3.63, 3.8) is 0 Å². The first kappa shape index (κ1) is 14.2. The second-order valence-electron chi connectivity index (χ2n) is 3.91. The molecule has 0 aliphatic rings. The molecule has 0 bridgehead atoms. The van der Waals surface area contributed by atoms with E-state index in [1.807, 2.05) is 6.92 Å². The minimum absolute atomic E-state index is 0.0788. The molecule has 0 aliphatic carbocycles. The van der Waals surface area contributed by atoms with Crippen molar-refractivity contribution < 1.29 is 0 Å². The number of rotatable bonds is 5. The molecule has 0 fully saturated rings. The molecule has 1 aromatic heterocycles. The maximum absolute atomic E-state index is 11.9. The van der Waals surface area contributed by atoms with Gasteiger partial charge in [0.2, 0.25) is 0 Å². The third kappa shape index (κ3) is 3.55. The molecule has 90 valence electrons. The van der Waals surface area contributed by atoms with E-state index in [0.717, 1.165) is 34.0 Å². The fraction of sp³-hybridized carbons (Fsp3) is 0.636. The SMILES string of the molecule is CCCC(CBr)Cn1cnc(C)c(I)c1=O. The van der Waals surface area contributed by atoms with Gasteiger partial charge in [0, 0.05) is 11.9 Å². The van der Waals surface area contributed by atoms with Crippen molar-refractivity contribution in [3.8, 4) is 0 Å². The molecule has 5 heteroatoms. The smallest absolute Gasteiger partial charge is 0.267 e. The maximum Gasteiger partial charge on any atom is 0.267 e. The summed E-state index contributed by atoms with van der Waals surface area (Å²) < 4.78 is 2.45. The number of nitrogens with zero attached hydrogens (tertiary/aromatic N) is 2. The van der Waals surface area contributed by atoms with Gasteiger partial charge in [-0.15, -0.1) is 0 Å². The summed E-state index contributed by atoms with van der Waals surface area (Å²) in [6, 6.07) is 0. The van der Waals surface area contributed by atoms with Crippen molar-refractivity contribution in [3.05, 3.63) is 25.9 Å². The van der Waals surface area contributed by atoms with Crippen LogP contribution in [0.15, 0.2) is 11.1 Å². The third-order valence-corrected chi connectivity index (χ3v) is 4.68. The Morgan fingerprint density at radius 2 is 2.31 bits per heavy atom. The molecule has 1 rings (SSSR count). The molecule has 1 unspecified atom stereocenters. The molecule has 16 heavy (non-hydrogen) atoms. The average Bonchev–Trinajstić information content (AvgIpc) is 2.29. The maximum atomic E-state index is 11.9. The molecule has 3 nitrogen and oxygen atoms in total. The Hall–Kier alpha value is 0.0900. The minimum atomic E-state index is 0.0788. The summed E-state index contributed by atoms with van der Waals surface area (Å²) in [5, 5.41) is 0.928. The molecule has 0 aromatic carbocycles. The van der Waals surface area contributed by atoms with Gasteiger partial charge in [0.15, 0.2) is 0 Å². The summed E-state index contributed by atoms with van der Waals surface area (Å²) in [4.78, 5) is 16.2. The van der Waals surface area contributed by atoms with Crippen LogP contribution in [-0.4, -0.2) is 14.9 Å². The van der Waals surface area contributed by atoms with Crippen molar-refractivity contribution in [2.45, 2.75) is 33.2 Å². The van der Waals surface area contributed by atoms with Crippen molar-refractivity contribution in [2.24, 2.45) is 5.92 Å². The van der Waals surface area contributed by atoms with E-state index >= 15 is 0 Å². The Bertz CT molecular complexity index is 405. The number of hydrogen-bond donors (Lipinski definition) is 0. The second kappa shape index (κ2) is 6.74. The fourth-order valence-electron chi connectivity index (χ4n) is 1.58. The van der Waals surface area contributed by atoms with E-state index in [0.29, 0.717) is 5.92 Å². The largest absolute Gasteiger partial charge is 0.298 e. The van der Waals surface area contributed by atoms with E-state index in [4.69, 9.17) is 0 Å². The molecule has 0 N–H and O–H groups in total. The number of halogens is 2. The van der Waals surface area contributed by atoms with Gasteiger partial charge in [0.1, 0.15) is 0 Å². The quantitative estimate of drug-likeness (QED) is 0.564. The molecule has 0 saturated carbocycles. The minimum Gasteiger partial charge on any atom is -0.298 e. The van der Waals surface area contributed by atoms with E-state index < -0.39 is 0 Å². The van der Waals surface area contributed by atoms with E-state index in [1.54, 1.807) is 10.9 Å².